The Balaban J connectivity index is 1.37. The number of amides is 3. The summed E-state index contributed by atoms with van der Waals surface area (Å²) in [7, 11) is 0. The van der Waals surface area contributed by atoms with Gasteiger partial charge in [-0.05, 0) is 30.7 Å². The summed E-state index contributed by atoms with van der Waals surface area (Å²) in [5, 5.41) is 13.2. The van der Waals surface area contributed by atoms with Gasteiger partial charge in [0.25, 0.3) is 0 Å². The molecule has 2 N–H and O–H groups in total. The Morgan fingerprint density at radius 3 is 2.31 bits per heavy atom. The number of aliphatic hydroxyl groups is 1. The molecule has 26 heavy (non-hydrogen) atoms. The first kappa shape index (κ1) is 17.0. The molecule has 0 spiro atoms. The van der Waals surface area contributed by atoms with Crippen molar-refractivity contribution in [1.29, 1.82) is 0 Å². The van der Waals surface area contributed by atoms with E-state index < -0.39 is 11.5 Å². The summed E-state index contributed by atoms with van der Waals surface area (Å²) < 4.78 is 0. The minimum absolute atomic E-state index is 0.00568. The second-order valence-electron chi connectivity index (χ2n) is 7.68. The Bertz CT molecular complexity index is 756. The predicted octanol–water partition coefficient (Wildman–Crippen LogP) is 0.817. The van der Waals surface area contributed by atoms with Gasteiger partial charge >= 0.3 is 0 Å². The summed E-state index contributed by atoms with van der Waals surface area (Å²) in [5.74, 6) is -1.23. The summed E-state index contributed by atoms with van der Waals surface area (Å²) >= 11 is 0. The van der Waals surface area contributed by atoms with E-state index in [0.717, 1.165) is 11.3 Å². The van der Waals surface area contributed by atoms with E-state index in [1.54, 1.807) is 19.1 Å². The number of hydrogen-bond acceptors (Lipinski definition) is 4. The predicted molar refractivity (Wildman–Crippen MR) is 93.5 cm³/mol. The van der Waals surface area contributed by atoms with Crippen LogP contribution in [0.25, 0.3) is 0 Å². The number of imide groups is 1. The van der Waals surface area contributed by atoms with E-state index in [9.17, 15) is 19.5 Å². The maximum atomic E-state index is 12.6. The van der Waals surface area contributed by atoms with E-state index in [0.29, 0.717) is 5.56 Å². The molecular weight excluding hydrogens is 332 g/mol. The maximum Gasteiger partial charge on any atom is 0.240 e. The highest BCUT2D eigenvalue weighted by atomic mass is 16.3. The lowest BCUT2D eigenvalue weighted by atomic mass is 9.85. The van der Waals surface area contributed by atoms with E-state index in [1.165, 1.54) is 0 Å². The highest BCUT2D eigenvalue weighted by molar-refractivity contribution is 6.08. The number of rotatable bonds is 5. The Kier molecular flexibility index (Phi) is 3.95. The normalized spacial score (nSPS) is 31.2. The third-order valence-corrected chi connectivity index (χ3v) is 5.89. The van der Waals surface area contributed by atoms with Crippen molar-refractivity contribution >= 4 is 17.7 Å². The zero-order valence-corrected chi connectivity index (χ0v) is 14.6. The Morgan fingerprint density at radius 1 is 1.15 bits per heavy atom. The molecule has 0 radical (unpaired) electrons. The standard InChI is InChI=1S/C20H22N2O4/c1-20(26,14-5-3-2-4-6-14)11-21-15(23)10-22-18(24)16-12-7-8-13(9-12)17(16)19(22)25/h2-8,12-13,16-17,26H,9-11H2,1H3,(H,21,23). The first-order valence-corrected chi connectivity index (χ1v) is 8.96. The van der Waals surface area contributed by atoms with Crippen molar-refractivity contribution in [2.45, 2.75) is 18.9 Å². The van der Waals surface area contributed by atoms with Gasteiger partial charge in [-0.2, -0.15) is 0 Å². The van der Waals surface area contributed by atoms with Crippen molar-refractivity contribution < 1.29 is 19.5 Å². The molecule has 1 aromatic carbocycles. The minimum Gasteiger partial charge on any atom is -0.384 e. The van der Waals surface area contributed by atoms with Crippen LogP contribution in [0.15, 0.2) is 42.5 Å². The van der Waals surface area contributed by atoms with Gasteiger partial charge in [-0.25, -0.2) is 0 Å². The van der Waals surface area contributed by atoms with Gasteiger partial charge in [0.1, 0.15) is 12.1 Å². The number of benzene rings is 1. The van der Waals surface area contributed by atoms with Crippen molar-refractivity contribution in [3.05, 3.63) is 48.0 Å². The monoisotopic (exact) mass is 354 g/mol. The molecule has 1 aromatic rings. The first-order valence-electron chi connectivity index (χ1n) is 8.96. The second kappa shape index (κ2) is 6.06. The van der Waals surface area contributed by atoms with Crippen LogP contribution in [0.5, 0.6) is 0 Å². The van der Waals surface area contributed by atoms with Crippen molar-refractivity contribution in [2.24, 2.45) is 23.7 Å². The fourth-order valence-electron chi connectivity index (χ4n) is 4.49. The largest absolute Gasteiger partial charge is 0.384 e. The number of carbonyl (C=O) groups is 3. The zero-order chi connectivity index (χ0) is 18.5. The Morgan fingerprint density at radius 2 is 1.73 bits per heavy atom. The van der Waals surface area contributed by atoms with E-state index in [-0.39, 0.29) is 48.6 Å². The lowest BCUT2D eigenvalue weighted by Gasteiger charge is -2.25. The maximum absolute atomic E-state index is 12.6. The van der Waals surface area contributed by atoms with Crippen molar-refractivity contribution in [3.8, 4) is 0 Å². The summed E-state index contributed by atoms with van der Waals surface area (Å²) in [6.07, 6.45) is 4.92. The van der Waals surface area contributed by atoms with Gasteiger partial charge in [0.2, 0.25) is 17.7 Å². The molecule has 6 nitrogen and oxygen atoms in total. The van der Waals surface area contributed by atoms with E-state index >= 15 is 0 Å². The molecule has 2 fully saturated rings. The molecular formula is C20H22N2O4. The number of nitrogens with one attached hydrogen (secondary N) is 1. The minimum atomic E-state index is -1.23. The van der Waals surface area contributed by atoms with Gasteiger partial charge in [0.05, 0.1) is 18.4 Å². The molecule has 2 aliphatic carbocycles. The van der Waals surface area contributed by atoms with E-state index in [1.807, 2.05) is 30.4 Å². The molecule has 1 saturated carbocycles. The number of likely N-dealkylation sites (tertiary alicyclic amines) is 1. The second-order valence-corrected chi connectivity index (χ2v) is 7.68. The van der Waals surface area contributed by atoms with Gasteiger partial charge in [-0.15, -0.1) is 0 Å². The molecule has 136 valence electrons. The van der Waals surface area contributed by atoms with Crippen LogP contribution in [0.3, 0.4) is 0 Å². The van der Waals surface area contributed by atoms with Crippen LogP contribution in [0.2, 0.25) is 0 Å². The molecule has 5 atom stereocenters. The van der Waals surface area contributed by atoms with Crippen molar-refractivity contribution in [1.82, 2.24) is 10.2 Å². The van der Waals surface area contributed by atoms with E-state index in [4.69, 9.17) is 0 Å². The lowest BCUT2D eigenvalue weighted by molar-refractivity contribution is -0.144. The van der Waals surface area contributed by atoms with Crippen LogP contribution in [0.4, 0.5) is 0 Å². The van der Waals surface area contributed by atoms with Crippen LogP contribution >= 0.6 is 0 Å². The molecule has 1 saturated heterocycles. The number of nitrogens with zero attached hydrogens (tertiary/aromatic N) is 1. The van der Waals surface area contributed by atoms with Crippen LogP contribution in [-0.4, -0.2) is 40.8 Å². The van der Waals surface area contributed by atoms with E-state index in [2.05, 4.69) is 5.32 Å². The first-order chi connectivity index (χ1) is 12.4. The van der Waals surface area contributed by atoms with Gasteiger partial charge in [0, 0.05) is 0 Å². The summed E-state index contributed by atoms with van der Waals surface area (Å²) in [4.78, 5) is 38.5. The van der Waals surface area contributed by atoms with Gasteiger partial charge < -0.3 is 10.4 Å². The summed E-state index contributed by atoms with van der Waals surface area (Å²) in [5.41, 5.74) is -0.541. The van der Waals surface area contributed by atoms with Gasteiger partial charge in [-0.1, -0.05) is 42.5 Å². The van der Waals surface area contributed by atoms with Crippen LogP contribution in [0.1, 0.15) is 18.9 Å². The lowest BCUT2D eigenvalue weighted by Crippen LogP contribution is -2.45. The molecule has 6 heteroatoms. The Labute approximate surface area is 151 Å². The highest BCUT2D eigenvalue weighted by Gasteiger charge is 2.59. The number of allylic oxidation sites excluding steroid dienone is 2. The molecule has 0 aromatic heterocycles. The smallest absolute Gasteiger partial charge is 0.240 e. The summed E-state index contributed by atoms with van der Waals surface area (Å²) in [6, 6.07) is 9.04. The fourth-order valence-corrected chi connectivity index (χ4v) is 4.49. The molecule has 3 aliphatic rings. The van der Waals surface area contributed by atoms with Gasteiger partial charge in [-0.3, -0.25) is 19.3 Å². The van der Waals surface area contributed by atoms with Gasteiger partial charge in [0.15, 0.2) is 0 Å². The topological polar surface area (TPSA) is 86.7 Å². The third-order valence-electron chi connectivity index (χ3n) is 5.89. The molecule has 2 bridgehead atoms. The molecule has 1 heterocycles. The van der Waals surface area contributed by atoms with Crippen LogP contribution in [-0.2, 0) is 20.0 Å². The average Bonchev–Trinajstić information content (AvgIpc) is 3.31. The number of fused-ring (bicyclic) bond motifs is 5. The molecule has 3 amide bonds. The van der Waals surface area contributed by atoms with Crippen LogP contribution < -0.4 is 5.32 Å². The third kappa shape index (κ3) is 2.65. The molecule has 5 unspecified atom stereocenters. The van der Waals surface area contributed by atoms with Crippen molar-refractivity contribution in [2.75, 3.05) is 13.1 Å². The summed E-state index contributed by atoms with van der Waals surface area (Å²) in [6.45, 7) is 1.34. The highest BCUT2D eigenvalue weighted by Crippen LogP contribution is 2.52. The number of carbonyl (C=O) groups excluding carboxylic acids is 3. The SMILES string of the molecule is CC(O)(CNC(=O)CN1C(=O)C2C3C=CC(C3)C2C1=O)c1ccccc1. The number of hydrogen-bond donors (Lipinski definition) is 2. The molecule has 1 aliphatic heterocycles. The zero-order valence-electron chi connectivity index (χ0n) is 14.6. The Hall–Kier alpha value is -2.47. The van der Waals surface area contributed by atoms with Crippen LogP contribution in [0, 0.1) is 23.7 Å². The average molecular weight is 354 g/mol. The fraction of sp³-hybridized carbons (Fsp3) is 0.450. The van der Waals surface area contributed by atoms with Crippen molar-refractivity contribution in [3.63, 3.8) is 0 Å². The quantitative estimate of drug-likeness (QED) is 0.605. The molecule has 4 rings (SSSR count).